The number of hydrogen-bond donors (Lipinski definition) is 1. The summed E-state index contributed by atoms with van der Waals surface area (Å²) in [7, 11) is 0. The summed E-state index contributed by atoms with van der Waals surface area (Å²) < 4.78 is 7.57. The molecular weight excluding hydrogens is 420 g/mol. The van der Waals surface area contributed by atoms with E-state index in [0.29, 0.717) is 27.4 Å². The lowest BCUT2D eigenvalue weighted by Crippen LogP contribution is -1.98. The van der Waals surface area contributed by atoms with Crippen molar-refractivity contribution in [3.8, 4) is 22.9 Å². The third kappa shape index (κ3) is 3.40. The zero-order chi connectivity index (χ0) is 21.5. The number of hydrogen-bond acceptors (Lipinski definition) is 6. The Labute approximate surface area is 179 Å². The molecule has 5 aromatic rings. The lowest BCUT2D eigenvalue weighted by Gasteiger charge is -2.05. The van der Waals surface area contributed by atoms with Gasteiger partial charge in [-0.25, -0.2) is 0 Å². The van der Waals surface area contributed by atoms with Gasteiger partial charge in [0.05, 0.1) is 21.6 Å². The first kappa shape index (κ1) is 18.9. The number of benzene rings is 2. The van der Waals surface area contributed by atoms with Gasteiger partial charge in [-0.15, -0.1) is 15.1 Å². The molecule has 0 unspecified atom stereocenters. The maximum atomic E-state index is 11.7. The van der Waals surface area contributed by atoms with E-state index in [4.69, 9.17) is 16.3 Å². The predicted molar refractivity (Wildman–Crippen MR) is 114 cm³/mol. The number of pyridine rings is 1. The summed E-state index contributed by atoms with van der Waals surface area (Å²) in [4.78, 5) is 29.8. The summed E-state index contributed by atoms with van der Waals surface area (Å²) in [6, 6.07) is 12.4. The fourth-order valence-electron chi connectivity index (χ4n) is 3.32. The molecule has 0 aliphatic rings. The number of aromatic nitrogens is 5. The summed E-state index contributed by atoms with van der Waals surface area (Å²) in [5.41, 5.74) is 4.55. The van der Waals surface area contributed by atoms with Crippen LogP contribution in [0.4, 0.5) is 0 Å². The molecule has 0 radical (unpaired) electrons. The summed E-state index contributed by atoms with van der Waals surface area (Å²) in [5.74, 6) is -0.505. The highest BCUT2D eigenvalue weighted by molar-refractivity contribution is 6.34. The van der Waals surface area contributed by atoms with E-state index in [9.17, 15) is 9.70 Å². The summed E-state index contributed by atoms with van der Waals surface area (Å²) in [6.07, 6.45) is 3.50. The fraction of sp³-hybridized carbons (Fsp3) is 0.0476. The van der Waals surface area contributed by atoms with Gasteiger partial charge in [0.1, 0.15) is 12.1 Å². The highest BCUT2D eigenvalue weighted by Crippen LogP contribution is 2.33. The number of amides is 1. The molecule has 1 amide bonds. The van der Waals surface area contributed by atoms with Crippen molar-refractivity contribution >= 4 is 34.2 Å². The summed E-state index contributed by atoms with van der Waals surface area (Å²) in [6.45, 7) is 1.71. The molecule has 9 nitrogen and oxygen atoms in total. The fourth-order valence-corrected chi connectivity index (χ4v) is 3.59. The molecule has 0 bridgehead atoms. The zero-order valence-corrected chi connectivity index (χ0v) is 16.8. The molecule has 3 aromatic heterocycles. The Morgan fingerprint density at radius 2 is 2.06 bits per heavy atom. The average Bonchev–Trinajstić information content (AvgIpc) is 3.39. The van der Waals surface area contributed by atoms with Gasteiger partial charge in [0.2, 0.25) is 0 Å². The Morgan fingerprint density at radius 1 is 1.19 bits per heavy atom. The highest BCUT2D eigenvalue weighted by atomic mass is 35.5. The van der Waals surface area contributed by atoms with Crippen LogP contribution in [0, 0.1) is 11.8 Å². The number of nitrogens with one attached hydrogen (secondary N) is 1. The number of H-pyrrole nitrogens is 1. The second-order valence-corrected chi connectivity index (χ2v) is 7.29. The number of imidazole rings is 1. The Bertz CT molecular complexity index is 1490. The van der Waals surface area contributed by atoms with Crippen molar-refractivity contribution in [1.29, 1.82) is 0 Å². The molecule has 152 valence electrons. The number of carbonyl (C=O) groups excluding carboxylic acids is 1. The van der Waals surface area contributed by atoms with Gasteiger partial charge >= 0.3 is 5.91 Å². The molecule has 31 heavy (non-hydrogen) atoms. The number of nitrogens with zero attached hydrogens (tertiary/aromatic N) is 5. The van der Waals surface area contributed by atoms with Crippen LogP contribution in [0.3, 0.4) is 0 Å². The van der Waals surface area contributed by atoms with E-state index >= 15 is 0 Å². The number of rotatable bonds is 4. The molecule has 2 aromatic carbocycles. The normalized spacial score (nSPS) is 11.2. The lowest BCUT2D eigenvalue weighted by atomic mass is 10.1. The molecule has 0 saturated heterocycles. The Kier molecular flexibility index (Phi) is 4.45. The van der Waals surface area contributed by atoms with E-state index in [0.717, 1.165) is 16.8 Å². The number of aryl methyl sites for hydroxylation is 1. The summed E-state index contributed by atoms with van der Waals surface area (Å²) in [5, 5.41) is 10.9. The Balaban J connectivity index is 1.51. The van der Waals surface area contributed by atoms with Crippen LogP contribution in [0.2, 0.25) is 5.02 Å². The molecule has 10 heteroatoms. The van der Waals surface area contributed by atoms with E-state index in [-0.39, 0.29) is 11.6 Å². The quantitative estimate of drug-likeness (QED) is 0.402. The van der Waals surface area contributed by atoms with Gasteiger partial charge in [-0.3, -0.25) is 9.20 Å². The SMILES string of the molecule is Cc1ccc(Oc2nc3cc(-c4ccc5nncn5c4)c(Cl)cc3[nH]2)cc1C(=O)N=O. The molecule has 0 atom stereocenters. The molecule has 0 aliphatic heterocycles. The third-order valence-corrected chi connectivity index (χ3v) is 5.20. The molecule has 0 saturated carbocycles. The van der Waals surface area contributed by atoms with Crippen LogP contribution in [0.5, 0.6) is 11.8 Å². The van der Waals surface area contributed by atoms with E-state index in [1.165, 1.54) is 6.07 Å². The van der Waals surface area contributed by atoms with Crippen LogP contribution < -0.4 is 4.74 Å². The molecule has 5 rings (SSSR count). The van der Waals surface area contributed by atoms with Crippen molar-refractivity contribution < 1.29 is 9.53 Å². The van der Waals surface area contributed by atoms with Crippen LogP contribution in [-0.2, 0) is 0 Å². The van der Waals surface area contributed by atoms with Crippen molar-refractivity contribution in [2.24, 2.45) is 5.18 Å². The molecule has 1 N–H and O–H groups in total. The third-order valence-electron chi connectivity index (χ3n) is 4.89. The maximum Gasteiger partial charge on any atom is 0.317 e. The average molecular weight is 433 g/mol. The van der Waals surface area contributed by atoms with Crippen LogP contribution in [0.1, 0.15) is 15.9 Å². The first-order valence-corrected chi connectivity index (χ1v) is 9.55. The number of ether oxygens (including phenoxy) is 1. The molecular formula is C21H13ClN6O3. The molecule has 3 heterocycles. The van der Waals surface area contributed by atoms with Crippen molar-refractivity contribution in [3.63, 3.8) is 0 Å². The minimum atomic E-state index is -0.853. The van der Waals surface area contributed by atoms with Gasteiger partial charge in [-0.1, -0.05) is 17.7 Å². The topological polar surface area (TPSA) is 115 Å². The molecule has 0 fully saturated rings. The smallest absolute Gasteiger partial charge is 0.317 e. The van der Waals surface area contributed by atoms with Crippen LogP contribution in [-0.4, -0.2) is 30.5 Å². The first-order valence-electron chi connectivity index (χ1n) is 9.17. The lowest BCUT2D eigenvalue weighted by molar-refractivity contribution is 0.1000. The minimum Gasteiger partial charge on any atom is -0.426 e. The van der Waals surface area contributed by atoms with Gasteiger partial charge in [-0.05, 0) is 48.9 Å². The number of carbonyl (C=O) groups is 1. The standard InChI is InChI=1S/C21H13ClN6O3/c1-11-2-4-13(6-14(11)20(29)27-30)31-21-24-17-7-15(16(22)8-18(17)25-21)12-3-5-19-26-23-10-28(19)9-12/h2-10H,1H3,(H,24,25). The largest absolute Gasteiger partial charge is 0.426 e. The van der Waals surface area contributed by atoms with E-state index < -0.39 is 5.91 Å². The molecule has 0 aliphatic carbocycles. The van der Waals surface area contributed by atoms with Crippen molar-refractivity contribution in [3.05, 3.63) is 76.0 Å². The monoisotopic (exact) mass is 432 g/mol. The van der Waals surface area contributed by atoms with Crippen molar-refractivity contribution in [1.82, 2.24) is 24.6 Å². The van der Waals surface area contributed by atoms with Crippen LogP contribution in [0.15, 0.2) is 60.2 Å². The summed E-state index contributed by atoms with van der Waals surface area (Å²) >= 11 is 6.51. The number of nitroso groups, excluding NO2 is 1. The number of halogens is 1. The van der Waals surface area contributed by atoms with E-state index in [1.54, 1.807) is 35.9 Å². The molecule has 0 spiro atoms. The Morgan fingerprint density at radius 3 is 2.90 bits per heavy atom. The second-order valence-electron chi connectivity index (χ2n) is 6.88. The predicted octanol–water partition coefficient (Wildman–Crippen LogP) is 4.93. The highest BCUT2D eigenvalue weighted by Gasteiger charge is 2.14. The number of fused-ring (bicyclic) bond motifs is 2. The van der Waals surface area contributed by atoms with Gasteiger partial charge in [0, 0.05) is 22.5 Å². The van der Waals surface area contributed by atoms with E-state index in [1.807, 2.05) is 24.4 Å². The van der Waals surface area contributed by atoms with Crippen LogP contribution >= 0.6 is 11.6 Å². The Hall–Kier alpha value is -4.11. The first-order chi connectivity index (χ1) is 15.0. The van der Waals surface area contributed by atoms with Crippen LogP contribution in [0.25, 0.3) is 27.8 Å². The van der Waals surface area contributed by atoms with Crippen molar-refractivity contribution in [2.75, 3.05) is 0 Å². The zero-order valence-electron chi connectivity index (χ0n) is 16.0. The van der Waals surface area contributed by atoms with E-state index in [2.05, 4.69) is 25.3 Å². The van der Waals surface area contributed by atoms with Gasteiger partial charge in [-0.2, -0.15) is 4.98 Å². The maximum absolute atomic E-state index is 11.7. The van der Waals surface area contributed by atoms with Gasteiger partial charge in [0.25, 0.3) is 6.01 Å². The second kappa shape index (κ2) is 7.29. The van der Waals surface area contributed by atoms with Gasteiger partial charge < -0.3 is 9.72 Å². The number of aromatic amines is 1. The van der Waals surface area contributed by atoms with Gasteiger partial charge in [0.15, 0.2) is 5.65 Å². The van der Waals surface area contributed by atoms with Crippen molar-refractivity contribution in [2.45, 2.75) is 6.92 Å². The minimum absolute atomic E-state index is 0.179.